The Kier molecular flexibility index (Phi) is 8.53. The van der Waals surface area contributed by atoms with Crippen molar-refractivity contribution in [1.29, 1.82) is 0 Å². The Hall–Kier alpha value is -2.96. The Morgan fingerprint density at radius 3 is 2.31 bits per heavy atom. The third kappa shape index (κ3) is 6.62. The van der Waals surface area contributed by atoms with Crippen LogP contribution in [0.3, 0.4) is 0 Å². The number of benzene rings is 2. The molecule has 1 aromatic heterocycles. The summed E-state index contributed by atoms with van der Waals surface area (Å²) in [6.45, 7) is 12.4. The highest BCUT2D eigenvalue weighted by Gasteiger charge is 2.42. The summed E-state index contributed by atoms with van der Waals surface area (Å²) in [6, 6.07) is 23.8. The molecule has 39 heavy (non-hydrogen) atoms. The average Bonchev–Trinajstić information content (AvgIpc) is 3.54. The summed E-state index contributed by atoms with van der Waals surface area (Å²) in [4.78, 5) is 16.6. The van der Waals surface area contributed by atoms with Gasteiger partial charge in [0.05, 0.1) is 12.1 Å². The second-order valence-corrected chi connectivity index (χ2v) is 12.2. The monoisotopic (exact) mass is 528 g/mol. The van der Waals surface area contributed by atoms with Gasteiger partial charge in [-0.15, -0.1) is 0 Å². The third-order valence-corrected chi connectivity index (χ3v) is 9.00. The van der Waals surface area contributed by atoms with Crippen LogP contribution in [0, 0.1) is 5.92 Å². The van der Waals surface area contributed by atoms with Gasteiger partial charge in [-0.1, -0.05) is 60.7 Å². The Morgan fingerprint density at radius 1 is 1.00 bits per heavy atom. The molecular weight excluding hydrogens is 484 g/mol. The maximum absolute atomic E-state index is 11.6. The molecule has 2 atom stereocenters. The van der Waals surface area contributed by atoms with Crippen molar-refractivity contribution in [3.05, 3.63) is 89.2 Å². The molecule has 2 aromatic carbocycles. The number of carboxylic acid groups (broad SMARTS) is 1. The van der Waals surface area contributed by atoms with E-state index in [1.165, 1.54) is 22.5 Å². The van der Waals surface area contributed by atoms with Gasteiger partial charge in [0, 0.05) is 55.7 Å². The number of aryl methyl sites for hydroxylation is 1. The molecule has 6 nitrogen and oxygen atoms in total. The van der Waals surface area contributed by atoms with Crippen LogP contribution < -0.4 is 0 Å². The number of aliphatic carboxylic acids is 1. The molecule has 5 rings (SSSR count). The summed E-state index contributed by atoms with van der Waals surface area (Å²) >= 11 is 0. The Bertz CT molecular complexity index is 1220. The van der Waals surface area contributed by atoms with E-state index in [1.54, 1.807) is 0 Å². The minimum atomic E-state index is -0.722. The number of piperidine rings is 1. The number of aromatic nitrogens is 2. The number of carboxylic acids is 1. The summed E-state index contributed by atoms with van der Waals surface area (Å²) in [5.74, 6) is 0.757. The van der Waals surface area contributed by atoms with E-state index in [-0.39, 0.29) is 12.0 Å². The molecular formula is C33H44N4O2. The van der Waals surface area contributed by atoms with E-state index < -0.39 is 5.97 Å². The zero-order chi connectivity index (χ0) is 27.4. The average molecular weight is 529 g/mol. The lowest BCUT2D eigenvalue weighted by molar-refractivity contribution is -0.139. The van der Waals surface area contributed by atoms with Crippen molar-refractivity contribution >= 4 is 5.97 Å². The van der Waals surface area contributed by atoms with Crippen LogP contribution >= 0.6 is 0 Å². The molecule has 6 heteroatoms. The topological polar surface area (TPSA) is 61.6 Å². The largest absolute Gasteiger partial charge is 0.481 e. The van der Waals surface area contributed by atoms with Gasteiger partial charge in [0.2, 0.25) is 0 Å². The van der Waals surface area contributed by atoms with Gasteiger partial charge in [-0.2, -0.15) is 5.10 Å². The molecule has 0 spiro atoms. The van der Waals surface area contributed by atoms with E-state index >= 15 is 0 Å². The molecule has 2 aliphatic heterocycles. The normalized spacial score (nSPS) is 21.4. The summed E-state index contributed by atoms with van der Waals surface area (Å²) in [5.41, 5.74) is 4.90. The number of rotatable bonds is 10. The van der Waals surface area contributed by atoms with E-state index in [0.717, 1.165) is 58.5 Å². The van der Waals surface area contributed by atoms with Gasteiger partial charge in [-0.05, 0) is 69.8 Å². The van der Waals surface area contributed by atoms with Crippen molar-refractivity contribution in [2.45, 2.75) is 70.4 Å². The zero-order valence-corrected chi connectivity index (χ0v) is 23.8. The first kappa shape index (κ1) is 27.6. The minimum absolute atomic E-state index is 0.171. The molecule has 2 saturated heterocycles. The van der Waals surface area contributed by atoms with E-state index in [0.29, 0.717) is 17.8 Å². The fraction of sp³-hybridized carbons (Fsp3) is 0.515. The molecule has 0 aliphatic carbocycles. The van der Waals surface area contributed by atoms with Crippen LogP contribution in [-0.4, -0.2) is 68.9 Å². The highest BCUT2D eigenvalue weighted by Crippen LogP contribution is 2.39. The summed E-state index contributed by atoms with van der Waals surface area (Å²) in [6.07, 6.45) is 3.38. The second-order valence-electron chi connectivity index (χ2n) is 12.2. The molecule has 2 unspecified atom stereocenters. The van der Waals surface area contributed by atoms with Gasteiger partial charge in [0.1, 0.15) is 0 Å². The van der Waals surface area contributed by atoms with Crippen LogP contribution in [0.15, 0.2) is 66.7 Å². The predicted molar refractivity (Wildman–Crippen MR) is 156 cm³/mol. The van der Waals surface area contributed by atoms with Crippen molar-refractivity contribution in [3.8, 4) is 0 Å². The van der Waals surface area contributed by atoms with E-state index in [2.05, 4.69) is 102 Å². The molecule has 0 saturated carbocycles. The number of hydrogen-bond donors (Lipinski definition) is 1. The quantitative estimate of drug-likeness (QED) is 0.369. The molecule has 3 aromatic rings. The number of nitrogens with zero attached hydrogens (tertiary/aromatic N) is 4. The summed E-state index contributed by atoms with van der Waals surface area (Å²) in [7, 11) is 0. The number of carbonyl (C=O) groups is 1. The first-order valence-electron chi connectivity index (χ1n) is 14.7. The van der Waals surface area contributed by atoms with Gasteiger partial charge in [0.25, 0.3) is 0 Å². The smallest absolute Gasteiger partial charge is 0.305 e. The van der Waals surface area contributed by atoms with Crippen LogP contribution in [0.5, 0.6) is 0 Å². The SMILES string of the molecule is CCn1nc(Cc2ccccc2)cc1C1CCN(CC2CN(C(C)(C)CC(=O)O)CC2c2ccccc2)CC1. The lowest BCUT2D eigenvalue weighted by Crippen LogP contribution is -2.45. The Labute approximate surface area is 233 Å². The van der Waals surface area contributed by atoms with E-state index in [9.17, 15) is 9.90 Å². The second kappa shape index (κ2) is 12.1. The highest BCUT2D eigenvalue weighted by atomic mass is 16.4. The van der Waals surface area contributed by atoms with Crippen LogP contribution in [0.2, 0.25) is 0 Å². The van der Waals surface area contributed by atoms with Crippen LogP contribution in [0.25, 0.3) is 0 Å². The summed E-state index contributed by atoms with van der Waals surface area (Å²) in [5, 5.41) is 14.5. The van der Waals surface area contributed by atoms with E-state index in [1.807, 2.05) is 0 Å². The maximum Gasteiger partial charge on any atom is 0.305 e. The van der Waals surface area contributed by atoms with Crippen molar-refractivity contribution in [3.63, 3.8) is 0 Å². The number of hydrogen-bond acceptors (Lipinski definition) is 4. The maximum atomic E-state index is 11.6. The fourth-order valence-corrected chi connectivity index (χ4v) is 6.81. The van der Waals surface area contributed by atoms with Crippen molar-refractivity contribution in [2.75, 3.05) is 32.7 Å². The minimum Gasteiger partial charge on any atom is -0.481 e. The molecule has 3 heterocycles. The lowest BCUT2D eigenvalue weighted by Gasteiger charge is -2.36. The van der Waals surface area contributed by atoms with Gasteiger partial charge in [-0.25, -0.2) is 0 Å². The summed E-state index contributed by atoms with van der Waals surface area (Å²) < 4.78 is 2.23. The third-order valence-electron chi connectivity index (χ3n) is 9.00. The van der Waals surface area contributed by atoms with E-state index in [4.69, 9.17) is 5.10 Å². The fourth-order valence-electron chi connectivity index (χ4n) is 6.81. The molecule has 208 valence electrons. The van der Waals surface area contributed by atoms with Gasteiger partial charge >= 0.3 is 5.97 Å². The number of likely N-dealkylation sites (tertiary alicyclic amines) is 2. The molecule has 0 bridgehead atoms. The predicted octanol–water partition coefficient (Wildman–Crippen LogP) is 5.64. The van der Waals surface area contributed by atoms with Crippen molar-refractivity contribution < 1.29 is 9.90 Å². The standard InChI is InChI=1S/C33H44N4O2/c1-4-37-31(20-29(34-37)19-25-11-7-5-8-12-25)27-15-17-35(18-16-27)22-28-23-36(33(2,3)21-32(38)39)24-30(28)26-13-9-6-10-14-26/h5-14,20,27-28,30H,4,15-19,21-24H2,1-3H3,(H,38,39). The van der Waals surface area contributed by atoms with Crippen molar-refractivity contribution in [1.82, 2.24) is 19.6 Å². The van der Waals surface area contributed by atoms with Crippen LogP contribution in [-0.2, 0) is 17.8 Å². The Balaban J connectivity index is 1.24. The molecule has 2 fully saturated rings. The first-order valence-corrected chi connectivity index (χ1v) is 14.7. The van der Waals surface area contributed by atoms with Gasteiger partial charge in [0.15, 0.2) is 0 Å². The van der Waals surface area contributed by atoms with Crippen LogP contribution in [0.4, 0.5) is 0 Å². The highest BCUT2D eigenvalue weighted by molar-refractivity contribution is 5.68. The molecule has 1 N–H and O–H groups in total. The molecule has 0 radical (unpaired) electrons. The lowest BCUT2D eigenvalue weighted by atomic mass is 9.87. The van der Waals surface area contributed by atoms with Crippen molar-refractivity contribution in [2.24, 2.45) is 5.92 Å². The van der Waals surface area contributed by atoms with Crippen LogP contribution in [0.1, 0.15) is 74.4 Å². The Morgan fingerprint density at radius 2 is 1.67 bits per heavy atom. The zero-order valence-electron chi connectivity index (χ0n) is 23.8. The first-order chi connectivity index (χ1) is 18.8. The molecule has 0 amide bonds. The van der Waals surface area contributed by atoms with Gasteiger partial charge in [-0.3, -0.25) is 14.4 Å². The molecule has 2 aliphatic rings. The van der Waals surface area contributed by atoms with Gasteiger partial charge < -0.3 is 10.0 Å².